The molecule has 0 unspecified atom stereocenters. The minimum Gasteiger partial charge on any atom is -0.507 e. The van der Waals surface area contributed by atoms with Crippen LogP contribution in [0.15, 0.2) is 54.1 Å². The van der Waals surface area contributed by atoms with Crippen LogP contribution >= 0.6 is 0 Å². The first-order valence-electron chi connectivity index (χ1n) is 9.63. The van der Waals surface area contributed by atoms with Gasteiger partial charge in [0, 0.05) is 24.2 Å². The molecule has 1 saturated heterocycles. The van der Waals surface area contributed by atoms with E-state index in [-0.39, 0.29) is 43.2 Å². The molecule has 0 radical (unpaired) electrons. The molecule has 1 amide bonds. The van der Waals surface area contributed by atoms with Crippen molar-refractivity contribution in [2.75, 3.05) is 26.4 Å². The number of nitro groups is 1. The molecule has 1 aliphatic rings. The number of carbonyl (C=O) groups is 2. The molecule has 162 valence electrons. The van der Waals surface area contributed by atoms with E-state index in [9.17, 15) is 24.8 Å². The van der Waals surface area contributed by atoms with E-state index in [2.05, 4.69) is 0 Å². The molecule has 0 aromatic heterocycles. The lowest BCUT2D eigenvalue weighted by molar-refractivity contribution is -0.384. The third kappa shape index (κ3) is 4.62. The van der Waals surface area contributed by atoms with Crippen LogP contribution < -0.4 is 0 Å². The number of ether oxygens (including phenoxy) is 1. The summed E-state index contributed by atoms with van der Waals surface area (Å²) in [5, 5.41) is 30.6. The van der Waals surface area contributed by atoms with Crippen molar-refractivity contribution in [2.24, 2.45) is 0 Å². The number of benzene rings is 2. The predicted octanol–water partition coefficient (Wildman–Crippen LogP) is 2.33. The molecule has 3 rings (SSSR count). The lowest BCUT2D eigenvalue weighted by Gasteiger charge is -2.25. The number of aryl methyl sites for hydroxylation is 1. The van der Waals surface area contributed by atoms with Crippen LogP contribution in [0.25, 0.3) is 5.76 Å². The summed E-state index contributed by atoms with van der Waals surface area (Å²) in [7, 11) is 0. The molecule has 9 heteroatoms. The number of nitro benzene ring substituents is 1. The summed E-state index contributed by atoms with van der Waals surface area (Å²) < 4.78 is 5.25. The second-order valence-electron chi connectivity index (χ2n) is 7.04. The number of nitrogens with zero attached hydrogens (tertiary/aromatic N) is 2. The summed E-state index contributed by atoms with van der Waals surface area (Å²) in [6.07, 6.45) is 0. The van der Waals surface area contributed by atoms with E-state index in [1.807, 2.05) is 19.1 Å². The number of ketones is 1. The lowest BCUT2D eigenvalue weighted by Crippen LogP contribution is -2.33. The third-order valence-corrected chi connectivity index (χ3v) is 5.00. The number of hydrogen-bond donors (Lipinski definition) is 2. The van der Waals surface area contributed by atoms with Gasteiger partial charge in [-0.05, 0) is 24.6 Å². The Morgan fingerprint density at radius 2 is 1.74 bits per heavy atom. The predicted molar refractivity (Wildman–Crippen MR) is 111 cm³/mol. The Morgan fingerprint density at radius 3 is 2.32 bits per heavy atom. The van der Waals surface area contributed by atoms with Gasteiger partial charge in [0.2, 0.25) is 0 Å². The van der Waals surface area contributed by atoms with Gasteiger partial charge in [-0.15, -0.1) is 0 Å². The molecule has 0 saturated carbocycles. The summed E-state index contributed by atoms with van der Waals surface area (Å²) in [5.74, 6) is -2.03. The second-order valence-corrected chi connectivity index (χ2v) is 7.04. The molecule has 0 aliphatic carbocycles. The zero-order valence-electron chi connectivity index (χ0n) is 16.9. The Morgan fingerprint density at radius 1 is 1.10 bits per heavy atom. The minimum absolute atomic E-state index is 0.0835. The number of aliphatic hydroxyl groups excluding tert-OH is 2. The largest absolute Gasteiger partial charge is 0.507 e. The molecule has 2 N–H and O–H groups in total. The second kappa shape index (κ2) is 9.50. The highest BCUT2D eigenvalue weighted by Gasteiger charge is 2.45. The number of hydrogen-bond acceptors (Lipinski definition) is 7. The van der Waals surface area contributed by atoms with Crippen molar-refractivity contribution >= 4 is 23.1 Å². The first kappa shape index (κ1) is 22.1. The van der Waals surface area contributed by atoms with Gasteiger partial charge in [-0.3, -0.25) is 19.7 Å². The molecular formula is C22H22N2O7. The topological polar surface area (TPSA) is 130 Å². The van der Waals surface area contributed by atoms with Crippen LogP contribution in [0.4, 0.5) is 5.69 Å². The van der Waals surface area contributed by atoms with Crippen molar-refractivity contribution in [3.05, 3.63) is 80.9 Å². The van der Waals surface area contributed by atoms with Gasteiger partial charge < -0.3 is 19.8 Å². The summed E-state index contributed by atoms with van der Waals surface area (Å²) in [6.45, 7) is 2.02. The summed E-state index contributed by atoms with van der Waals surface area (Å²) in [5.41, 5.74) is 1.56. The van der Waals surface area contributed by atoms with Crippen LogP contribution in [0.3, 0.4) is 0 Å². The number of amides is 1. The van der Waals surface area contributed by atoms with Crippen molar-refractivity contribution in [1.29, 1.82) is 0 Å². The standard InChI is InChI=1S/C22H22N2O7/c1-14-2-4-15(5-3-14)19-18(20(26)16-6-8-17(9-7-16)24(29)30)21(27)22(28)23(19)10-12-31-13-11-25/h2-9,19,25-26H,10-13H2,1H3/b20-18+/t19-/m0/s1. The normalized spacial score (nSPS) is 17.9. The van der Waals surface area contributed by atoms with Gasteiger partial charge in [-0.2, -0.15) is 0 Å². The zero-order valence-corrected chi connectivity index (χ0v) is 16.9. The lowest BCUT2D eigenvalue weighted by atomic mass is 9.94. The summed E-state index contributed by atoms with van der Waals surface area (Å²) in [6, 6.07) is 11.5. The molecule has 9 nitrogen and oxygen atoms in total. The molecule has 31 heavy (non-hydrogen) atoms. The summed E-state index contributed by atoms with van der Waals surface area (Å²) >= 11 is 0. The number of aliphatic hydroxyl groups is 2. The van der Waals surface area contributed by atoms with Gasteiger partial charge in [0.1, 0.15) is 5.76 Å². The van der Waals surface area contributed by atoms with Crippen molar-refractivity contribution < 1.29 is 29.5 Å². The molecule has 2 aromatic rings. The summed E-state index contributed by atoms with van der Waals surface area (Å²) in [4.78, 5) is 37.2. The van der Waals surface area contributed by atoms with Crippen molar-refractivity contribution in [2.45, 2.75) is 13.0 Å². The fraction of sp³-hybridized carbons (Fsp3) is 0.273. The first-order valence-corrected chi connectivity index (χ1v) is 9.63. The third-order valence-electron chi connectivity index (χ3n) is 5.00. The average Bonchev–Trinajstić information content (AvgIpc) is 3.01. The quantitative estimate of drug-likeness (QED) is 0.165. The van der Waals surface area contributed by atoms with E-state index < -0.39 is 28.4 Å². The van der Waals surface area contributed by atoms with Gasteiger partial charge in [-0.25, -0.2) is 0 Å². The molecule has 2 aromatic carbocycles. The van der Waals surface area contributed by atoms with Gasteiger partial charge in [0.15, 0.2) is 0 Å². The Hall–Kier alpha value is -3.56. The molecule has 0 spiro atoms. The van der Waals surface area contributed by atoms with Gasteiger partial charge in [0.25, 0.3) is 17.4 Å². The Labute approximate surface area is 178 Å². The molecular weight excluding hydrogens is 404 g/mol. The van der Waals surface area contributed by atoms with Crippen LogP contribution in [0.2, 0.25) is 0 Å². The zero-order chi connectivity index (χ0) is 22.5. The number of carbonyl (C=O) groups excluding carboxylic acids is 2. The fourth-order valence-corrected chi connectivity index (χ4v) is 3.43. The van der Waals surface area contributed by atoms with Crippen molar-refractivity contribution in [3.8, 4) is 0 Å². The minimum atomic E-state index is -0.844. The highest BCUT2D eigenvalue weighted by molar-refractivity contribution is 6.46. The van der Waals surface area contributed by atoms with E-state index in [0.29, 0.717) is 5.56 Å². The smallest absolute Gasteiger partial charge is 0.295 e. The Balaban J connectivity index is 2.05. The van der Waals surface area contributed by atoms with Crippen LogP contribution in [-0.2, 0) is 14.3 Å². The van der Waals surface area contributed by atoms with E-state index in [0.717, 1.165) is 5.56 Å². The SMILES string of the molecule is Cc1ccc([C@H]2/C(=C(\O)c3ccc([N+](=O)[O-])cc3)C(=O)C(=O)N2CCOCCO)cc1. The monoisotopic (exact) mass is 426 g/mol. The Kier molecular flexibility index (Phi) is 6.78. The van der Waals surface area contributed by atoms with E-state index >= 15 is 0 Å². The Bertz CT molecular complexity index is 1010. The molecule has 1 atom stereocenters. The highest BCUT2D eigenvalue weighted by atomic mass is 16.6. The van der Waals surface area contributed by atoms with Crippen LogP contribution in [0, 0.1) is 17.0 Å². The van der Waals surface area contributed by atoms with Crippen LogP contribution in [-0.4, -0.2) is 58.1 Å². The molecule has 1 fully saturated rings. The molecule has 1 aliphatic heterocycles. The van der Waals surface area contributed by atoms with Gasteiger partial charge in [0.05, 0.1) is 36.4 Å². The van der Waals surface area contributed by atoms with E-state index in [4.69, 9.17) is 9.84 Å². The average molecular weight is 426 g/mol. The fourth-order valence-electron chi connectivity index (χ4n) is 3.43. The van der Waals surface area contributed by atoms with E-state index in [1.54, 1.807) is 12.1 Å². The molecule has 0 bridgehead atoms. The van der Waals surface area contributed by atoms with Crippen LogP contribution in [0.5, 0.6) is 0 Å². The number of rotatable bonds is 8. The van der Waals surface area contributed by atoms with Crippen molar-refractivity contribution in [3.63, 3.8) is 0 Å². The maximum absolute atomic E-state index is 12.8. The number of non-ortho nitro benzene ring substituents is 1. The number of Topliss-reactive ketones (excluding diaryl/α,β-unsaturated/α-hetero) is 1. The first-order chi connectivity index (χ1) is 14.8. The maximum atomic E-state index is 12.8. The number of likely N-dealkylation sites (tertiary alicyclic amines) is 1. The highest BCUT2D eigenvalue weighted by Crippen LogP contribution is 2.39. The van der Waals surface area contributed by atoms with E-state index in [1.165, 1.54) is 29.2 Å². The van der Waals surface area contributed by atoms with Crippen LogP contribution in [0.1, 0.15) is 22.7 Å². The molecule has 1 heterocycles. The van der Waals surface area contributed by atoms with Crippen molar-refractivity contribution in [1.82, 2.24) is 4.90 Å². The van der Waals surface area contributed by atoms with Gasteiger partial charge >= 0.3 is 0 Å². The van der Waals surface area contributed by atoms with Gasteiger partial charge in [-0.1, -0.05) is 29.8 Å². The maximum Gasteiger partial charge on any atom is 0.295 e.